The van der Waals surface area contributed by atoms with Gasteiger partial charge in [-0.1, -0.05) is 24.3 Å². The number of carbonyl (C=O) groups is 1. The van der Waals surface area contributed by atoms with Gasteiger partial charge in [0.15, 0.2) is 0 Å². The van der Waals surface area contributed by atoms with E-state index < -0.39 is 0 Å². The van der Waals surface area contributed by atoms with Gasteiger partial charge >= 0.3 is 5.97 Å². The van der Waals surface area contributed by atoms with Gasteiger partial charge in [-0.2, -0.15) is 0 Å². The van der Waals surface area contributed by atoms with Gasteiger partial charge in [-0.25, -0.2) is 0 Å². The molecule has 3 nitrogen and oxygen atoms in total. The van der Waals surface area contributed by atoms with Crippen LogP contribution in [0, 0.1) is 0 Å². The van der Waals surface area contributed by atoms with E-state index in [0.717, 1.165) is 22.1 Å². The predicted octanol–water partition coefficient (Wildman–Crippen LogP) is 3.34. The molecule has 0 N–H and O–H groups in total. The van der Waals surface area contributed by atoms with Gasteiger partial charge in [0.05, 0.1) is 19.6 Å². The van der Waals surface area contributed by atoms with Crippen molar-refractivity contribution >= 4 is 16.7 Å². The average Bonchev–Trinajstić information content (AvgIpc) is 2.37. The lowest BCUT2D eigenvalue weighted by Gasteiger charge is -2.08. The van der Waals surface area contributed by atoms with Crippen molar-refractivity contribution in [3.63, 3.8) is 0 Å². The predicted molar refractivity (Wildman–Crippen MR) is 75.4 cm³/mol. The summed E-state index contributed by atoms with van der Waals surface area (Å²) in [6.45, 7) is 3.70. The number of hydrogen-bond donors (Lipinski definition) is 0. The zero-order valence-electron chi connectivity index (χ0n) is 11.5. The zero-order valence-corrected chi connectivity index (χ0v) is 11.5. The first-order valence-corrected chi connectivity index (χ1v) is 6.34. The summed E-state index contributed by atoms with van der Waals surface area (Å²) < 4.78 is 10.3. The van der Waals surface area contributed by atoms with Crippen molar-refractivity contribution in [2.24, 2.45) is 0 Å². The molecule has 0 radical (unpaired) electrons. The first-order chi connectivity index (χ1) is 9.08. The maximum absolute atomic E-state index is 11.6. The largest absolute Gasteiger partial charge is 0.497 e. The van der Waals surface area contributed by atoms with Crippen molar-refractivity contribution < 1.29 is 14.3 Å². The summed E-state index contributed by atoms with van der Waals surface area (Å²) >= 11 is 0. The molecular weight excluding hydrogens is 240 g/mol. The van der Waals surface area contributed by atoms with Gasteiger partial charge in [0.1, 0.15) is 5.75 Å². The van der Waals surface area contributed by atoms with Crippen molar-refractivity contribution in [2.75, 3.05) is 7.11 Å². The zero-order chi connectivity index (χ0) is 13.8. The van der Waals surface area contributed by atoms with E-state index in [9.17, 15) is 4.79 Å². The van der Waals surface area contributed by atoms with E-state index >= 15 is 0 Å². The van der Waals surface area contributed by atoms with Crippen molar-refractivity contribution in [2.45, 2.75) is 26.4 Å². The molecular formula is C16H18O3. The highest BCUT2D eigenvalue weighted by Crippen LogP contribution is 2.22. The number of benzene rings is 2. The Kier molecular flexibility index (Phi) is 4.05. The van der Waals surface area contributed by atoms with Crippen LogP contribution in [-0.4, -0.2) is 19.2 Å². The number of rotatable bonds is 4. The van der Waals surface area contributed by atoms with E-state index in [4.69, 9.17) is 9.47 Å². The molecule has 0 heterocycles. The minimum atomic E-state index is -0.192. The lowest BCUT2D eigenvalue weighted by molar-refractivity contribution is -0.146. The highest BCUT2D eigenvalue weighted by atomic mass is 16.5. The quantitative estimate of drug-likeness (QED) is 0.789. The summed E-state index contributed by atoms with van der Waals surface area (Å²) in [5, 5.41) is 2.19. The molecule has 0 fully saturated rings. The Morgan fingerprint density at radius 2 is 1.79 bits per heavy atom. The monoisotopic (exact) mass is 258 g/mol. The van der Waals surface area contributed by atoms with Crippen LogP contribution >= 0.6 is 0 Å². The lowest BCUT2D eigenvalue weighted by atomic mass is 10.0. The van der Waals surface area contributed by atoms with Crippen LogP contribution in [-0.2, 0) is 16.0 Å². The van der Waals surface area contributed by atoms with Crippen LogP contribution in [0.2, 0.25) is 0 Å². The van der Waals surface area contributed by atoms with E-state index in [2.05, 4.69) is 0 Å². The summed E-state index contributed by atoms with van der Waals surface area (Å²) in [5.41, 5.74) is 0.961. The molecule has 0 atom stereocenters. The third-order valence-corrected chi connectivity index (χ3v) is 2.83. The molecule has 0 saturated carbocycles. The second-order valence-corrected chi connectivity index (χ2v) is 4.76. The van der Waals surface area contributed by atoms with E-state index in [1.807, 2.05) is 50.2 Å². The van der Waals surface area contributed by atoms with Crippen LogP contribution in [0.5, 0.6) is 5.75 Å². The third-order valence-electron chi connectivity index (χ3n) is 2.83. The second kappa shape index (κ2) is 5.74. The second-order valence-electron chi connectivity index (χ2n) is 4.76. The van der Waals surface area contributed by atoms with Crippen molar-refractivity contribution in [3.8, 4) is 5.75 Å². The molecule has 0 aliphatic heterocycles. The molecule has 2 aromatic carbocycles. The van der Waals surface area contributed by atoms with Crippen LogP contribution in [0.3, 0.4) is 0 Å². The lowest BCUT2D eigenvalue weighted by Crippen LogP contribution is -2.13. The van der Waals surface area contributed by atoms with Gasteiger partial charge in [-0.3, -0.25) is 4.79 Å². The van der Waals surface area contributed by atoms with Gasteiger partial charge in [0.25, 0.3) is 0 Å². The van der Waals surface area contributed by atoms with Gasteiger partial charge in [0.2, 0.25) is 0 Å². The molecule has 100 valence electrons. The number of fused-ring (bicyclic) bond motifs is 1. The summed E-state index contributed by atoms with van der Waals surface area (Å²) in [6, 6.07) is 11.8. The Labute approximate surface area is 113 Å². The Morgan fingerprint density at radius 1 is 1.11 bits per heavy atom. The van der Waals surface area contributed by atoms with E-state index in [0.29, 0.717) is 6.42 Å². The van der Waals surface area contributed by atoms with E-state index in [-0.39, 0.29) is 12.1 Å². The molecule has 0 aliphatic rings. The molecule has 19 heavy (non-hydrogen) atoms. The molecule has 0 spiro atoms. The fourth-order valence-electron chi connectivity index (χ4n) is 1.98. The molecule has 0 aromatic heterocycles. The molecule has 3 heteroatoms. The number of hydrogen-bond acceptors (Lipinski definition) is 3. The van der Waals surface area contributed by atoms with Crippen LogP contribution in [0.15, 0.2) is 36.4 Å². The minimum absolute atomic E-state index is 0.0720. The maximum Gasteiger partial charge on any atom is 0.310 e. The fraction of sp³-hybridized carbons (Fsp3) is 0.312. The molecule has 2 rings (SSSR count). The van der Waals surface area contributed by atoms with Crippen molar-refractivity contribution in [3.05, 3.63) is 42.0 Å². The Hall–Kier alpha value is -2.03. The first kappa shape index (κ1) is 13.4. The summed E-state index contributed by atoms with van der Waals surface area (Å²) in [7, 11) is 1.65. The molecule has 0 saturated heterocycles. The molecule has 0 aliphatic carbocycles. The number of methoxy groups -OCH3 is 1. The summed E-state index contributed by atoms with van der Waals surface area (Å²) in [5.74, 6) is 0.641. The molecule has 0 bridgehead atoms. The van der Waals surface area contributed by atoms with Gasteiger partial charge in [-0.15, -0.1) is 0 Å². The first-order valence-electron chi connectivity index (χ1n) is 6.34. The number of carbonyl (C=O) groups excluding carboxylic acids is 1. The highest BCUT2D eigenvalue weighted by molar-refractivity contribution is 5.85. The van der Waals surface area contributed by atoms with Crippen molar-refractivity contribution in [1.82, 2.24) is 0 Å². The van der Waals surface area contributed by atoms with Crippen molar-refractivity contribution in [1.29, 1.82) is 0 Å². The van der Waals surface area contributed by atoms with Gasteiger partial charge in [0, 0.05) is 0 Å². The Morgan fingerprint density at radius 3 is 2.47 bits per heavy atom. The third kappa shape index (κ3) is 3.47. The van der Waals surface area contributed by atoms with Crippen LogP contribution < -0.4 is 4.74 Å². The van der Waals surface area contributed by atoms with Gasteiger partial charge < -0.3 is 9.47 Å². The normalized spacial score (nSPS) is 10.7. The SMILES string of the molecule is COc1ccc2cc(CC(=O)OC(C)C)ccc2c1. The van der Waals surface area contributed by atoms with E-state index in [1.165, 1.54) is 0 Å². The molecule has 0 unspecified atom stereocenters. The summed E-state index contributed by atoms with van der Waals surface area (Å²) in [6.07, 6.45) is 0.234. The highest BCUT2D eigenvalue weighted by Gasteiger charge is 2.07. The minimum Gasteiger partial charge on any atom is -0.497 e. The molecule has 0 amide bonds. The summed E-state index contributed by atoms with van der Waals surface area (Å²) in [4.78, 5) is 11.6. The van der Waals surface area contributed by atoms with Gasteiger partial charge in [-0.05, 0) is 42.3 Å². The Bertz CT molecular complexity index is 588. The van der Waals surface area contributed by atoms with Crippen LogP contribution in [0.1, 0.15) is 19.4 Å². The maximum atomic E-state index is 11.6. The Balaban J connectivity index is 2.20. The number of esters is 1. The number of ether oxygens (including phenoxy) is 2. The van der Waals surface area contributed by atoms with Crippen LogP contribution in [0.4, 0.5) is 0 Å². The topological polar surface area (TPSA) is 35.5 Å². The smallest absolute Gasteiger partial charge is 0.310 e. The standard InChI is InChI=1S/C16H18O3/c1-11(2)19-16(17)9-12-4-5-14-10-15(18-3)7-6-13(14)8-12/h4-8,10-11H,9H2,1-3H3. The molecule has 2 aromatic rings. The fourth-order valence-corrected chi connectivity index (χ4v) is 1.98. The van der Waals surface area contributed by atoms with Crippen LogP contribution in [0.25, 0.3) is 10.8 Å². The average molecular weight is 258 g/mol. The van der Waals surface area contributed by atoms with E-state index in [1.54, 1.807) is 7.11 Å².